The molecule has 9 heteroatoms. The molecule has 2 aliphatic rings. The molecule has 0 atom stereocenters. The van der Waals surface area contributed by atoms with E-state index in [9.17, 15) is 0 Å². The molecule has 1 aromatic carbocycles. The van der Waals surface area contributed by atoms with Crippen molar-refractivity contribution < 1.29 is 14.0 Å². The van der Waals surface area contributed by atoms with Gasteiger partial charge in [-0.1, -0.05) is 5.11 Å². The Morgan fingerprint density at radius 2 is 1.63 bits per heavy atom. The first-order chi connectivity index (χ1) is 14.8. The van der Waals surface area contributed by atoms with Crippen LogP contribution in [-0.2, 0) is 13.1 Å². The Bertz CT molecular complexity index is 822. The summed E-state index contributed by atoms with van der Waals surface area (Å²) < 4.78 is 16.0. The number of anilines is 1. The number of ether oxygens (including phenoxy) is 2. The first kappa shape index (κ1) is 20.6. The number of nitrogens with two attached hydrogens (primary N) is 2. The molecule has 2 aromatic rings. The van der Waals surface area contributed by atoms with Gasteiger partial charge in [0.15, 0.2) is 0 Å². The summed E-state index contributed by atoms with van der Waals surface area (Å²) in [5.41, 5.74) is 13.1. The van der Waals surface area contributed by atoms with Gasteiger partial charge in [0.2, 0.25) is 0 Å². The van der Waals surface area contributed by atoms with Crippen LogP contribution >= 0.6 is 0 Å². The largest absolute Gasteiger partial charge is 0.489 e. The molecule has 2 aliphatic heterocycles. The quantitative estimate of drug-likeness (QED) is 0.352. The maximum absolute atomic E-state index is 5.87. The van der Waals surface area contributed by atoms with Gasteiger partial charge in [0.25, 0.3) is 0 Å². The SMILES string of the molecule is NCCCCn1cc[n+](CCCCN)c1N=Nc1cc2c3c(c1)OCCN3CCO2. The van der Waals surface area contributed by atoms with Gasteiger partial charge in [-0.3, -0.25) is 0 Å². The Kier molecular flexibility index (Phi) is 6.81. The number of rotatable bonds is 10. The minimum absolute atomic E-state index is 0.679. The Labute approximate surface area is 177 Å². The molecule has 0 saturated heterocycles. The van der Waals surface area contributed by atoms with Crippen LogP contribution in [0.2, 0.25) is 0 Å². The second-order valence-corrected chi connectivity index (χ2v) is 7.65. The van der Waals surface area contributed by atoms with Crippen molar-refractivity contribution in [1.29, 1.82) is 0 Å². The highest BCUT2D eigenvalue weighted by Crippen LogP contribution is 2.45. The summed E-state index contributed by atoms with van der Waals surface area (Å²) in [5.74, 6) is 2.47. The third-order valence-corrected chi connectivity index (χ3v) is 5.48. The van der Waals surface area contributed by atoms with Crippen molar-refractivity contribution in [3.05, 3.63) is 24.5 Å². The molecule has 3 heterocycles. The van der Waals surface area contributed by atoms with Crippen LogP contribution in [0.25, 0.3) is 0 Å². The van der Waals surface area contributed by atoms with Crippen LogP contribution in [0.5, 0.6) is 11.5 Å². The van der Waals surface area contributed by atoms with Crippen LogP contribution in [0.3, 0.4) is 0 Å². The molecule has 0 spiro atoms. The molecule has 0 radical (unpaired) electrons. The van der Waals surface area contributed by atoms with Gasteiger partial charge in [0.1, 0.15) is 36.1 Å². The highest BCUT2D eigenvalue weighted by molar-refractivity contribution is 5.74. The predicted octanol–water partition coefficient (Wildman–Crippen LogP) is 2.26. The van der Waals surface area contributed by atoms with Crippen LogP contribution < -0.4 is 30.4 Å². The average Bonchev–Trinajstić information content (AvgIpc) is 3.15. The molecule has 30 heavy (non-hydrogen) atoms. The highest BCUT2D eigenvalue weighted by atomic mass is 16.5. The van der Waals surface area contributed by atoms with Gasteiger partial charge in [0, 0.05) is 17.2 Å². The van der Waals surface area contributed by atoms with E-state index >= 15 is 0 Å². The van der Waals surface area contributed by atoms with Gasteiger partial charge in [-0.25, -0.2) is 9.13 Å². The Balaban J connectivity index is 1.58. The minimum atomic E-state index is 0.679. The molecule has 4 N–H and O–H groups in total. The zero-order valence-corrected chi connectivity index (χ0v) is 17.5. The first-order valence-electron chi connectivity index (χ1n) is 10.9. The van der Waals surface area contributed by atoms with Crippen molar-refractivity contribution in [1.82, 2.24) is 4.57 Å². The van der Waals surface area contributed by atoms with E-state index in [1.54, 1.807) is 0 Å². The van der Waals surface area contributed by atoms with Crippen molar-refractivity contribution in [3.63, 3.8) is 0 Å². The normalized spacial score (nSPS) is 15.2. The monoisotopic (exact) mass is 414 g/mol. The number of azo groups is 1. The zero-order valence-electron chi connectivity index (χ0n) is 17.5. The number of aromatic nitrogens is 2. The second-order valence-electron chi connectivity index (χ2n) is 7.65. The number of nitrogens with zero attached hydrogens (tertiary/aromatic N) is 5. The van der Waals surface area contributed by atoms with Crippen molar-refractivity contribution in [2.75, 3.05) is 44.3 Å². The molecule has 4 rings (SSSR count). The van der Waals surface area contributed by atoms with Crippen LogP contribution in [0.15, 0.2) is 34.8 Å². The third-order valence-electron chi connectivity index (χ3n) is 5.48. The average molecular weight is 415 g/mol. The second kappa shape index (κ2) is 9.90. The fourth-order valence-corrected chi connectivity index (χ4v) is 3.90. The molecule has 0 saturated carbocycles. The maximum Gasteiger partial charge on any atom is 0.421 e. The molecular formula is C21H32N7O2+. The molecule has 0 unspecified atom stereocenters. The third kappa shape index (κ3) is 4.57. The van der Waals surface area contributed by atoms with Gasteiger partial charge in [-0.05, 0) is 38.8 Å². The number of unbranched alkanes of at least 4 members (excludes halogenated alkanes) is 2. The van der Waals surface area contributed by atoms with E-state index in [2.05, 4.69) is 36.7 Å². The summed E-state index contributed by atoms with van der Waals surface area (Å²) in [5, 5.41) is 9.17. The van der Waals surface area contributed by atoms with E-state index in [1.165, 1.54) is 0 Å². The molecule has 0 bridgehead atoms. The lowest BCUT2D eigenvalue weighted by molar-refractivity contribution is -0.684. The van der Waals surface area contributed by atoms with E-state index < -0.39 is 0 Å². The van der Waals surface area contributed by atoms with Crippen molar-refractivity contribution in [2.24, 2.45) is 21.7 Å². The summed E-state index contributed by atoms with van der Waals surface area (Å²) in [6.45, 7) is 6.27. The lowest BCUT2D eigenvalue weighted by Gasteiger charge is -2.35. The standard InChI is InChI=1S/C21H32N7O2/c22-5-1-3-7-27-9-10-28(8-4-2-6-23)21(27)25-24-17-15-18-20-19(16-17)30-14-12-26(20)11-13-29-18/h9-10,15-16H,1-8,11-14,22-23H2/q+1. The van der Waals surface area contributed by atoms with E-state index in [0.29, 0.717) is 26.3 Å². The summed E-state index contributed by atoms with van der Waals surface area (Å²) in [6, 6.07) is 3.90. The molecular weight excluding hydrogens is 382 g/mol. The van der Waals surface area contributed by atoms with Gasteiger partial charge in [-0.15, -0.1) is 0 Å². The Morgan fingerprint density at radius 1 is 0.933 bits per heavy atom. The highest BCUT2D eigenvalue weighted by Gasteiger charge is 2.27. The lowest BCUT2D eigenvalue weighted by Crippen LogP contribution is -2.38. The van der Waals surface area contributed by atoms with Gasteiger partial charge in [-0.2, -0.15) is 0 Å². The number of hydrogen-bond donors (Lipinski definition) is 2. The zero-order chi connectivity index (χ0) is 20.8. The van der Waals surface area contributed by atoms with E-state index in [4.69, 9.17) is 20.9 Å². The number of imidazole rings is 1. The first-order valence-corrected chi connectivity index (χ1v) is 10.9. The van der Waals surface area contributed by atoms with Crippen LogP contribution in [0, 0.1) is 0 Å². The number of benzene rings is 1. The molecule has 1 aromatic heterocycles. The van der Waals surface area contributed by atoms with E-state index in [0.717, 1.165) is 80.7 Å². The van der Waals surface area contributed by atoms with Crippen molar-refractivity contribution in [3.8, 4) is 11.5 Å². The molecule has 0 aliphatic carbocycles. The molecule has 162 valence electrons. The topological polar surface area (TPSA) is 107 Å². The fourth-order valence-electron chi connectivity index (χ4n) is 3.90. The molecule has 0 amide bonds. The van der Waals surface area contributed by atoms with E-state index in [1.807, 2.05) is 12.1 Å². The van der Waals surface area contributed by atoms with Gasteiger partial charge < -0.3 is 25.8 Å². The smallest absolute Gasteiger partial charge is 0.421 e. The van der Waals surface area contributed by atoms with E-state index in [-0.39, 0.29) is 0 Å². The predicted molar refractivity (Wildman–Crippen MR) is 115 cm³/mol. The summed E-state index contributed by atoms with van der Waals surface area (Å²) in [7, 11) is 0. The Hall–Kier alpha value is -2.65. The van der Waals surface area contributed by atoms with Gasteiger partial charge in [0.05, 0.1) is 38.6 Å². The van der Waals surface area contributed by atoms with Crippen molar-refractivity contribution in [2.45, 2.75) is 38.8 Å². The minimum Gasteiger partial charge on any atom is -0.489 e. The maximum atomic E-state index is 5.87. The van der Waals surface area contributed by atoms with Crippen molar-refractivity contribution >= 4 is 17.3 Å². The molecule has 0 fully saturated rings. The summed E-state index contributed by atoms with van der Waals surface area (Å²) in [4.78, 5) is 2.31. The fraction of sp³-hybridized carbons (Fsp3) is 0.571. The van der Waals surface area contributed by atoms with Crippen LogP contribution in [-0.4, -0.2) is 44.0 Å². The molecule has 9 nitrogen and oxygen atoms in total. The van der Waals surface area contributed by atoms with Crippen LogP contribution in [0.1, 0.15) is 25.7 Å². The Morgan fingerprint density at radius 3 is 2.33 bits per heavy atom. The summed E-state index contributed by atoms with van der Waals surface area (Å²) >= 11 is 0. The van der Waals surface area contributed by atoms with Gasteiger partial charge >= 0.3 is 5.95 Å². The lowest BCUT2D eigenvalue weighted by atomic mass is 10.1. The van der Waals surface area contributed by atoms with Crippen LogP contribution in [0.4, 0.5) is 17.3 Å². The number of aryl methyl sites for hydroxylation is 2. The summed E-state index contributed by atoms with van der Waals surface area (Å²) in [6.07, 6.45) is 8.12. The number of hydrogen-bond acceptors (Lipinski definition) is 7.